The van der Waals surface area contributed by atoms with E-state index in [0.29, 0.717) is 42.4 Å². The first-order valence-electron chi connectivity index (χ1n) is 9.26. The van der Waals surface area contributed by atoms with Gasteiger partial charge >= 0.3 is 0 Å². The van der Waals surface area contributed by atoms with Gasteiger partial charge in [-0.25, -0.2) is 0 Å². The van der Waals surface area contributed by atoms with Crippen molar-refractivity contribution in [1.82, 2.24) is 15.1 Å². The minimum atomic E-state index is -0.288. The highest BCUT2D eigenvalue weighted by Gasteiger charge is 2.29. The van der Waals surface area contributed by atoms with Crippen LogP contribution in [0.1, 0.15) is 27.2 Å². The zero-order chi connectivity index (χ0) is 19.8. The standard InChI is InChI=1S/C21H18N4O4/c26-19(8-13-4-2-1-3-5-13)25-10-15-16(11-25)23-24-20(15)22-21(27)14-6-7-17-18(9-14)29-12-28-17/h1-7,9H,8,10-12H2,(H2,22,23,24,27). The molecule has 0 unspecified atom stereocenters. The quantitative estimate of drug-likeness (QED) is 0.713. The predicted octanol–water partition coefficient (Wildman–Crippen LogP) is 2.48. The molecular weight excluding hydrogens is 372 g/mol. The van der Waals surface area contributed by atoms with Crippen molar-refractivity contribution in [2.24, 2.45) is 0 Å². The van der Waals surface area contributed by atoms with Crippen LogP contribution in [0.5, 0.6) is 11.5 Å². The van der Waals surface area contributed by atoms with Gasteiger partial charge in [-0.15, -0.1) is 0 Å². The Morgan fingerprint density at radius 1 is 1.07 bits per heavy atom. The number of anilines is 1. The van der Waals surface area contributed by atoms with Crippen molar-refractivity contribution >= 4 is 17.6 Å². The summed E-state index contributed by atoms with van der Waals surface area (Å²) < 4.78 is 10.6. The highest BCUT2D eigenvalue weighted by molar-refractivity contribution is 6.04. The SMILES string of the molecule is O=C(Nc1[nH]nc2c1CN(C(=O)Cc1ccccc1)C2)c1ccc2c(c1)OCO2. The van der Waals surface area contributed by atoms with E-state index in [1.54, 1.807) is 23.1 Å². The molecule has 2 N–H and O–H groups in total. The molecule has 8 heteroatoms. The number of nitrogens with zero attached hydrogens (tertiary/aromatic N) is 2. The average molecular weight is 390 g/mol. The number of nitrogens with one attached hydrogen (secondary N) is 2. The van der Waals surface area contributed by atoms with Crippen LogP contribution in [0.25, 0.3) is 0 Å². The monoisotopic (exact) mass is 390 g/mol. The summed E-state index contributed by atoms with van der Waals surface area (Å²) in [7, 11) is 0. The minimum absolute atomic E-state index is 0.0299. The molecule has 3 aromatic rings. The molecule has 5 rings (SSSR count). The van der Waals surface area contributed by atoms with Crippen molar-refractivity contribution in [2.45, 2.75) is 19.5 Å². The number of hydrogen-bond donors (Lipinski definition) is 2. The molecule has 29 heavy (non-hydrogen) atoms. The Balaban J connectivity index is 1.27. The fourth-order valence-corrected chi connectivity index (χ4v) is 3.52. The molecule has 8 nitrogen and oxygen atoms in total. The maximum atomic E-state index is 12.6. The number of aromatic nitrogens is 2. The van der Waals surface area contributed by atoms with E-state index in [2.05, 4.69) is 15.5 Å². The number of rotatable bonds is 4. The van der Waals surface area contributed by atoms with E-state index in [9.17, 15) is 9.59 Å². The van der Waals surface area contributed by atoms with Crippen molar-refractivity contribution < 1.29 is 19.1 Å². The molecule has 0 bridgehead atoms. The highest BCUT2D eigenvalue weighted by atomic mass is 16.7. The molecule has 0 saturated carbocycles. The third-order valence-corrected chi connectivity index (χ3v) is 5.07. The molecule has 0 aliphatic carbocycles. The highest BCUT2D eigenvalue weighted by Crippen LogP contribution is 2.33. The third kappa shape index (κ3) is 3.29. The maximum absolute atomic E-state index is 12.6. The van der Waals surface area contributed by atoms with Crippen LogP contribution in [-0.2, 0) is 24.3 Å². The number of carbonyl (C=O) groups excluding carboxylic acids is 2. The molecule has 0 saturated heterocycles. The number of aromatic amines is 1. The number of benzene rings is 2. The van der Waals surface area contributed by atoms with Crippen LogP contribution in [0.15, 0.2) is 48.5 Å². The number of H-pyrrole nitrogens is 1. The summed E-state index contributed by atoms with van der Waals surface area (Å²) in [4.78, 5) is 27.0. The van der Waals surface area contributed by atoms with Crippen LogP contribution >= 0.6 is 0 Å². The average Bonchev–Trinajstić information content (AvgIpc) is 3.45. The van der Waals surface area contributed by atoms with Gasteiger partial charge in [0.2, 0.25) is 12.7 Å². The first-order valence-corrected chi connectivity index (χ1v) is 9.26. The number of ether oxygens (including phenoxy) is 2. The lowest BCUT2D eigenvalue weighted by Crippen LogP contribution is -2.27. The van der Waals surface area contributed by atoms with Gasteiger partial charge < -0.3 is 19.7 Å². The predicted molar refractivity (Wildman–Crippen MR) is 104 cm³/mol. The molecule has 3 heterocycles. The molecule has 0 radical (unpaired) electrons. The molecule has 1 aromatic heterocycles. The molecule has 2 aromatic carbocycles. The van der Waals surface area contributed by atoms with Gasteiger partial charge in [0.05, 0.1) is 25.2 Å². The van der Waals surface area contributed by atoms with Crippen molar-refractivity contribution in [3.05, 3.63) is 70.9 Å². The molecular formula is C21H18N4O4. The van der Waals surface area contributed by atoms with Gasteiger partial charge in [-0.3, -0.25) is 14.7 Å². The van der Waals surface area contributed by atoms with Crippen LogP contribution in [0.4, 0.5) is 5.82 Å². The van der Waals surface area contributed by atoms with E-state index >= 15 is 0 Å². The number of hydrogen-bond acceptors (Lipinski definition) is 5. The second kappa shape index (κ2) is 6.97. The van der Waals surface area contributed by atoms with Gasteiger partial charge in [0.15, 0.2) is 11.5 Å². The van der Waals surface area contributed by atoms with E-state index in [-0.39, 0.29) is 18.6 Å². The van der Waals surface area contributed by atoms with Crippen molar-refractivity contribution in [3.63, 3.8) is 0 Å². The van der Waals surface area contributed by atoms with Gasteiger partial charge in [0.25, 0.3) is 5.91 Å². The van der Waals surface area contributed by atoms with Gasteiger partial charge in [0, 0.05) is 11.1 Å². The van der Waals surface area contributed by atoms with E-state index in [1.807, 2.05) is 30.3 Å². The van der Waals surface area contributed by atoms with Crippen molar-refractivity contribution in [3.8, 4) is 11.5 Å². The van der Waals surface area contributed by atoms with E-state index in [0.717, 1.165) is 16.8 Å². The van der Waals surface area contributed by atoms with Gasteiger partial charge in [-0.1, -0.05) is 30.3 Å². The number of fused-ring (bicyclic) bond motifs is 2. The summed E-state index contributed by atoms with van der Waals surface area (Å²) in [6, 6.07) is 14.7. The molecule has 146 valence electrons. The fourth-order valence-electron chi connectivity index (χ4n) is 3.52. The van der Waals surface area contributed by atoms with Crippen LogP contribution in [-0.4, -0.2) is 33.7 Å². The second-order valence-electron chi connectivity index (χ2n) is 6.96. The lowest BCUT2D eigenvalue weighted by molar-refractivity contribution is -0.131. The van der Waals surface area contributed by atoms with Crippen LogP contribution < -0.4 is 14.8 Å². The topological polar surface area (TPSA) is 96.6 Å². The fraction of sp³-hybridized carbons (Fsp3) is 0.190. The van der Waals surface area contributed by atoms with Crippen LogP contribution in [0.2, 0.25) is 0 Å². The summed E-state index contributed by atoms with van der Waals surface area (Å²) in [5, 5.41) is 9.97. The smallest absolute Gasteiger partial charge is 0.256 e. The molecule has 0 atom stereocenters. The zero-order valence-corrected chi connectivity index (χ0v) is 15.5. The van der Waals surface area contributed by atoms with Crippen molar-refractivity contribution in [2.75, 3.05) is 12.1 Å². The lowest BCUT2D eigenvalue weighted by atomic mass is 10.1. The van der Waals surface area contributed by atoms with E-state index in [4.69, 9.17) is 9.47 Å². The molecule has 0 fully saturated rings. The molecule has 2 aliphatic rings. The lowest BCUT2D eigenvalue weighted by Gasteiger charge is -2.16. The van der Waals surface area contributed by atoms with E-state index < -0.39 is 0 Å². The second-order valence-corrected chi connectivity index (χ2v) is 6.96. The number of amides is 2. The van der Waals surface area contributed by atoms with Crippen LogP contribution in [0.3, 0.4) is 0 Å². The Labute approximate surface area is 166 Å². The summed E-state index contributed by atoms with van der Waals surface area (Å²) in [5.74, 6) is 1.42. The van der Waals surface area contributed by atoms with Crippen LogP contribution in [0, 0.1) is 0 Å². The summed E-state index contributed by atoms with van der Waals surface area (Å²) in [6.45, 7) is 0.993. The molecule has 0 spiro atoms. The molecule has 2 amide bonds. The van der Waals surface area contributed by atoms with Gasteiger partial charge in [0.1, 0.15) is 5.82 Å². The third-order valence-electron chi connectivity index (χ3n) is 5.07. The Morgan fingerprint density at radius 2 is 1.90 bits per heavy atom. The maximum Gasteiger partial charge on any atom is 0.256 e. The van der Waals surface area contributed by atoms with Gasteiger partial charge in [-0.2, -0.15) is 5.10 Å². The zero-order valence-electron chi connectivity index (χ0n) is 15.5. The Bertz CT molecular complexity index is 1090. The van der Waals surface area contributed by atoms with Crippen molar-refractivity contribution in [1.29, 1.82) is 0 Å². The summed E-state index contributed by atoms with van der Waals surface area (Å²) >= 11 is 0. The Hall–Kier alpha value is -3.81. The summed E-state index contributed by atoms with van der Waals surface area (Å²) in [6.07, 6.45) is 0.341. The van der Waals surface area contributed by atoms with E-state index in [1.165, 1.54) is 0 Å². The first-order chi connectivity index (χ1) is 14.2. The minimum Gasteiger partial charge on any atom is -0.454 e. The van der Waals surface area contributed by atoms with Gasteiger partial charge in [-0.05, 0) is 23.8 Å². The normalized spacial score (nSPS) is 14.0. The molecule has 2 aliphatic heterocycles. The number of carbonyl (C=O) groups is 2. The largest absolute Gasteiger partial charge is 0.454 e. The first kappa shape index (κ1) is 17.3. The Morgan fingerprint density at radius 3 is 2.76 bits per heavy atom. The Kier molecular flexibility index (Phi) is 4.16. The summed E-state index contributed by atoms with van der Waals surface area (Å²) in [5.41, 5.74) is 3.03.